The smallest absolute Gasteiger partial charge is 0.0449 e. The topological polar surface area (TPSA) is 0 Å². The lowest BCUT2D eigenvalue weighted by Gasteiger charge is -2.21. The normalized spacial score (nSPS) is 12.5. The van der Waals surface area contributed by atoms with Gasteiger partial charge in [0.1, 0.15) is 0 Å². The average molecular weight is 301 g/mol. The van der Waals surface area contributed by atoms with Gasteiger partial charge in [-0.3, -0.25) is 0 Å². The zero-order chi connectivity index (χ0) is 15.8. The second-order valence-corrected chi connectivity index (χ2v) is 8.18. The monoisotopic (exact) mass is 300 g/mol. The van der Waals surface area contributed by atoms with E-state index in [4.69, 9.17) is 11.6 Å². The highest BCUT2D eigenvalue weighted by Gasteiger charge is 2.18. The lowest BCUT2D eigenvalue weighted by atomic mass is 9.85. The lowest BCUT2D eigenvalue weighted by molar-refractivity contribution is 0.590. The van der Waals surface area contributed by atoms with Crippen molar-refractivity contribution >= 4 is 11.6 Å². The molecule has 2 aromatic carbocycles. The third-order valence-electron chi connectivity index (χ3n) is 3.86. The van der Waals surface area contributed by atoms with Gasteiger partial charge in [0.25, 0.3) is 0 Å². The van der Waals surface area contributed by atoms with Crippen molar-refractivity contribution in [2.45, 2.75) is 52.4 Å². The first-order chi connectivity index (χ1) is 9.59. The van der Waals surface area contributed by atoms with Gasteiger partial charge in [-0.2, -0.15) is 0 Å². The highest BCUT2D eigenvalue weighted by Crippen LogP contribution is 2.33. The Balaban J connectivity index is 2.37. The Labute approximate surface area is 134 Å². The largest absolute Gasteiger partial charge is 0.0840 e. The molecule has 0 aliphatic rings. The molecule has 0 unspecified atom stereocenters. The van der Waals surface area contributed by atoms with E-state index in [1.807, 2.05) is 0 Å². The predicted molar refractivity (Wildman–Crippen MR) is 94.3 cm³/mol. The Kier molecular flexibility index (Phi) is 4.22. The fourth-order valence-electron chi connectivity index (χ4n) is 2.47. The van der Waals surface area contributed by atoms with Crippen LogP contribution in [-0.4, -0.2) is 0 Å². The molecule has 0 fully saturated rings. The quantitative estimate of drug-likeness (QED) is 0.556. The van der Waals surface area contributed by atoms with Gasteiger partial charge in [0.05, 0.1) is 0 Å². The summed E-state index contributed by atoms with van der Waals surface area (Å²) in [4.78, 5) is 0. The molecule has 2 rings (SSSR count). The van der Waals surface area contributed by atoms with Crippen LogP contribution in [0.4, 0.5) is 0 Å². The fourth-order valence-corrected chi connectivity index (χ4v) is 2.93. The minimum atomic E-state index is 0.0751. The van der Waals surface area contributed by atoms with Crippen LogP contribution in [0.3, 0.4) is 0 Å². The van der Waals surface area contributed by atoms with E-state index >= 15 is 0 Å². The second kappa shape index (κ2) is 5.50. The van der Waals surface area contributed by atoms with Crippen molar-refractivity contribution in [2.75, 3.05) is 0 Å². The molecule has 2 aromatic rings. The Bertz CT molecular complexity index is 622. The van der Waals surface area contributed by atoms with Crippen LogP contribution in [0.25, 0.3) is 11.1 Å². The summed E-state index contributed by atoms with van der Waals surface area (Å²) in [6.07, 6.45) is 0. The van der Waals surface area contributed by atoms with Gasteiger partial charge in [-0.15, -0.1) is 0 Å². The van der Waals surface area contributed by atoms with E-state index in [1.54, 1.807) is 0 Å². The maximum absolute atomic E-state index is 6.47. The van der Waals surface area contributed by atoms with Crippen molar-refractivity contribution in [1.82, 2.24) is 0 Å². The van der Waals surface area contributed by atoms with Gasteiger partial charge in [-0.25, -0.2) is 0 Å². The molecule has 0 spiro atoms. The summed E-state index contributed by atoms with van der Waals surface area (Å²) in [7, 11) is 0. The molecule has 21 heavy (non-hydrogen) atoms. The Hall–Kier alpha value is -1.27. The van der Waals surface area contributed by atoms with Crippen molar-refractivity contribution in [1.29, 1.82) is 0 Å². The maximum atomic E-state index is 6.47. The maximum Gasteiger partial charge on any atom is 0.0449 e. The van der Waals surface area contributed by atoms with E-state index in [-0.39, 0.29) is 10.8 Å². The average Bonchev–Trinajstić information content (AvgIpc) is 2.36. The first-order valence-corrected chi connectivity index (χ1v) is 7.88. The molecule has 0 atom stereocenters. The van der Waals surface area contributed by atoms with Crippen LogP contribution in [-0.2, 0) is 10.8 Å². The SMILES string of the molecule is CC(C)(C)c1ccc(-c2ccc(C(C)(C)C)c(Cl)c2)cc1. The van der Waals surface area contributed by atoms with Gasteiger partial charge in [0, 0.05) is 5.02 Å². The van der Waals surface area contributed by atoms with Gasteiger partial charge < -0.3 is 0 Å². The van der Waals surface area contributed by atoms with Crippen LogP contribution in [0, 0.1) is 0 Å². The number of benzene rings is 2. The van der Waals surface area contributed by atoms with E-state index in [9.17, 15) is 0 Å². The molecule has 112 valence electrons. The lowest BCUT2D eigenvalue weighted by Crippen LogP contribution is -2.11. The molecule has 0 N–H and O–H groups in total. The summed E-state index contributed by atoms with van der Waals surface area (Å²) >= 11 is 6.47. The minimum Gasteiger partial charge on any atom is -0.0840 e. The second-order valence-electron chi connectivity index (χ2n) is 7.77. The van der Waals surface area contributed by atoms with Crippen LogP contribution in [0.1, 0.15) is 52.7 Å². The van der Waals surface area contributed by atoms with Crippen molar-refractivity contribution in [3.05, 3.63) is 58.6 Å². The molecule has 0 heterocycles. The van der Waals surface area contributed by atoms with Gasteiger partial charge in [-0.05, 0) is 39.2 Å². The Morgan fingerprint density at radius 3 is 1.62 bits per heavy atom. The molecule has 0 aliphatic heterocycles. The molecule has 0 aromatic heterocycles. The molecule has 0 amide bonds. The van der Waals surface area contributed by atoms with Crippen LogP contribution >= 0.6 is 11.6 Å². The summed E-state index contributed by atoms with van der Waals surface area (Å²) in [5.74, 6) is 0. The fraction of sp³-hybridized carbons (Fsp3) is 0.400. The number of hydrogen-bond donors (Lipinski definition) is 0. The first kappa shape index (κ1) is 16.1. The third-order valence-corrected chi connectivity index (χ3v) is 4.17. The van der Waals surface area contributed by atoms with Crippen LogP contribution in [0.5, 0.6) is 0 Å². The van der Waals surface area contributed by atoms with E-state index in [0.29, 0.717) is 0 Å². The van der Waals surface area contributed by atoms with E-state index < -0.39 is 0 Å². The third kappa shape index (κ3) is 3.68. The van der Waals surface area contributed by atoms with Gasteiger partial charge in [0.2, 0.25) is 0 Å². The zero-order valence-corrected chi connectivity index (χ0v) is 14.7. The minimum absolute atomic E-state index is 0.0751. The number of rotatable bonds is 1. The number of halogens is 1. The van der Waals surface area contributed by atoms with Gasteiger partial charge in [-0.1, -0.05) is 89.5 Å². The van der Waals surface area contributed by atoms with Crippen LogP contribution in [0.15, 0.2) is 42.5 Å². The summed E-state index contributed by atoms with van der Waals surface area (Å²) < 4.78 is 0. The first-order valence-electron chi connectivity index (χ1n) is 7.50. The predicted octanol–water partition coefficient (Wildman–Crippen LogP) is 6.60. The zero-order valence-electron chi connectivity index (χ0n) is 13.9. The summed E-state index contributed by atoms with van der Waals surface area (Å²) in [5, 5.41) is 0.847. The van der Waals surface area contributed by atoms with Crippen molar-refractivity contribution in [3.63, 3.8) is 0 Å². The van der Waals surface area contributed by atoms with E-state index in [1.165, 1.54) is 22.3 Å². The Morgan fingerprint density at radius 1 is 0.667 bits per heavy atom. The number of hydrogen-bond acceptors (Lipinski definition) is 0. The molecular weight excluding hydrogens is 276 g/mol. The van der Waals surface area contributed by atoms with Gasteiger partial charge in [0.15, 0.2) is 0 Å². The van der Waals surface area contributed by atoms with E-state index in [0.717, 1.165) is 5.02 Å². The highest BCUT2D eigenvalue weighted by atomic mass is 35.5. The molecule has 0 aliphatic carbocycles. The van der Waals surface area contributed by atoms with E-state index in [2.05, 4.69) is 84.0 Å². The highest BCUT2D eigenvalue weighted by molar-refractivity contribution is 6.31. The summed E-state index contributed by atoms with van der Waals surface area (Å²) in [6, 6.07) is 15.2. The van der Waals surface area contributed by atoms with Gasteiger partial charge >= 0.3 is 0 Å². The van der Waals surface area contributed by atoms with Crippen LogP contribution in [0.2, 0.25) is 5.02 Å². The van der Waals surface area contributed by atoms with Crippen molar-refractivity contribution in [2.24, 2.45) is 0 Å². The molecule has 0 radical (unpaired) electrons. The summed E-state index contributed by atoms with van der Waals surface area (Å²) in [6.45, 7) is 13.3. The molecule has 0 bridgehead atoms. The standard InChI is InChI=1S/C20H25Cl/c1-19(2,3)16-10-7-14(8-11-16)15-9-12-17(18(21)13-15)20(4,5)6/h7-13H,1-6H3. The molecule has 1 heteroatoms. The Morgan fingerprint density at radius 2 is 1.19 bits per heavy atom. The van der Waals surface area contributed by atoms with Crippen molar-refractivity contribution < 1.29 is 0 Å². The molecule has 0 saturated carbocycles. The molecule has 0 nitrogen and oxygen atoms in total. The molecular formula is C20H25Cl. The summed E-state index contributed by atoms with van der Waals surface area (Å²) in [5.41, 5.74) is 5.19. The van der Waals surface area contributed by atoms with Crippen LogP contribution < -0.4 is 0 Å². The van der Waals surface area contributed by atoms with Crippen molar-refractivity contribution in [3.8, 4) is 11.1 Å². The molecule has 0 saturated heterocycles.